The van der Waals surface area contributed by atoms with Crippen LogP contribution in [0.1, 0.15) is 25.0 Å². The molecule has 142 valence electrons. The lowest BCUT2D eigenvalue weighted by molar-refractivity contribution is 0.414. The van der Waals surface area contributed by atoms with E-state index in [4.69, 9.17) is 4.74 Å². The van der Waals surface area contributed by atoms with Crippen molar-refractivity contribution >= 4 is 29.9 Å². The zero-order chi connectivity index (χ0) is 18.3. The van der Waals surface area contributed by atoms with Crippen molar-refractivity contribution in [3.8, 4) is 5.75 Å². The lowest BCUT2D eigenvalue weighted by atomic mass is 9.84. The van der Waals surface area contributed by atoms with Crippen LogP contribution in [0.15, 0.2) is 53.5 Å². The van der Waals surface area contributed by atoms with E-state index in [1.54, 1.807) is 20.2 Å². The first kappa shape index (κ1) is 22.2. The van der Waals surface area contributed by atoms with Crippen LogP contribution in [0.2, 0.25) is 0 Å². The minimum absolute atomic E-state index is 0. The number of rotatable bonds is 6. The van der Waals surface area contributed by atoms with Crippen molar-refractivity contribution in [2.75, 3.05) is 20.7 Å². The number of halogens is 2. The molecule has 0 saturated heterocycles. The number of guanidine groups is 1. The van der Waals surface area contributed by atoms with Gasteiger partial charge in [0.05, 0.1) is 7.11 Å². The summed E-state index contributed by atoms with van der Waals surface area (Å²) < 4.78 is 19.2. The fraction of sp³-hybridized carbons (Fsp3) is 0.350. The highest BCUT2D eigenvalue weighted by molar-refractivity contribution is 14.0. The van der Waals surface area contributed by atoms with E-state index in [9.17, 15) is 4.39 Å². The average molecular weight is 471 g/mol. The molecule has 0 heterocycles. The highest BCUT2D eigenvalue weighted by Gasteiger charge is 2.24. The molecule has 0 saturated carbocycles. The molecule has 6 heteroatoms. The van der Waals surface area contributed by atoms with Gasteiger partial charge in [0.2, 0.25) is 0 Å². The smallest absolute Gasteiger partial charge is 0.191 e. The van der Waals surface area contributed by atoms with Gasteiger partial charge in [-0.15, -0.1) is 24.0 Å². The van der Waals surface area contributed by atoms with Crippen molar-refractivity contribution in [2.24, 2.45) is 4.99 Å². The predicted molar refractivity (Wildman–Crippen MR) is 116 cm³/mol. The molecule has 0 aliphatic rings. The van der Waals surface area contributed by atoms with Crippen molar-refractivity contribution in [1.29, 1.82) is 0 Å². The third kappa shape index (κ3) is 6.16. The molecule has 0 bridgehead atoms. The van der Waals surface area contributed by atoms with Gasteiger partial charge in [-0.3, -0.25) is 4.99 Å². The molecule has 0 atom stereocenters. The van der Waals surface area contributed by atoms with E-state index in [1.807, 2.05) is 50.2 Å². The van der Waals surface area contributed by atoms with Crippen molar-refractivity contribution in [3.63, 3.8) is 0 Å². The van der Waals surface area contributed by atoms with E-state index in [0.29, 0.717) is 24.6 Å². The number of ether oxygens (including phenoxy) is 1. The summed E-state index contributed by atoms with van der Waals surface area (Å²) >= 11 is 0. The SMILES string of the molecule is CN=C(NCc1ccc(OC)cc1)NCC(C)(C)c1ccccc1F.I. The Morgan fingerprint density at radius 2 is 1.73 bits per heavy atom. The van der Waals surface area contributed by atoms with E-state index < -0.39 is 0 Å². The molecule has 0 spiro atoms. The Morgan fingerprint density at radius 3 is 2.31 bits per heavy atom. The Balaban J connectivity index is 0.00000338. The first-order valence-electron chi connectivity index (χ1n) is 8.29. The summed E-state index contributed by atoms with van der Waals surface area (Å²) in [5.41, 5.74) is 1.45. The van der Waals surface area contributed by atoms with Gasteiger partial charge < -0.3 is 15.4 Å². The maximum atomic E-state index is 14.0. The number of methoxy groups -OCH3 is 1. The molecule has 4 nitrogen and oxygen atoms in total. The molecular weight excluding hydrogens is 444 g/mol. The summed E-state index contributed by atoms with van der Waals surface area (Å²) in [5.74, 6) is 1.33. The zero-order valence-corrected chi connectivity index (χ0v) is 18.0. The Morgan fingerprint density at radius 1 is 1.08 bits per heavy atom. The predicted octanol–water partition coefficient (Wildman–Crippen LogP) is 4.10. The van der Waals surface area contributed by atoms with Gasteiger partial charge >= 0.3 is 0 Å². The Hall–Kier alpha value is -1.83. The normalized spacial score (nSPS) is 11.5. The lowest BCUT2D eigenvalue weighted by Gasteiger charge is -2.27. The third-order valence-electron chi connectivity index (χ3n) is 4.14. The molecule has 2 N–H and O–H groups in total. The Bertz CT molecular complexity index is 717. The average Bonchev–Trinajstić information content (AvgIpc) is 2.62. The lowest BCUT2D eigenvalue weighted by Crippen LogP contribution is -2.43. The second-order valence-electron chi connectivity index (χ2n) is 6.49. The summed E-state index contributed by atoms with van der Waals surface area (Å²) in [5, 5.41) is 6.54. The minimum atomic E-state index is -0.358. The number of aliphatic imine (C=N–C) groups is 1. The number of hydrogen-bond donors (Lipinski definition) is 2. The van der Waals surface area contributed by atoms with Crippen LogP contribution in [0, 0.1) is 5.82 Å². The van der Waals surface area contributed by atoms with Crippen molar-refractivity contribution < 1.29 is 9.13 Å². The zero-order valence-electron chi connectivity index (χ0n) is 15.7. The molecule has 0 amide bonds. The number of nitrogens with zero attached hydrogens (tertiary/aromatic N) is 1. The van der Waals surface area contributed by atoms with E-state index in [1.165, 1.54) is 6.07 Å². The van der Waals surface area contributed by atoms with Crippen molar-refractivity contribution in [1.82, 2.24) is 10.6 Å². The van der Waals surface area contributed by atoms with Crippen LogP contribution in [0.4, 0.5) is 4.39 Å². The molecule has 0 aromatic heterocycles. The topological polar surface area (TPSA) is 45.7 Å². The second kappa shape index (κ2) is 10.4. The molecular formula is C20H27FIN3O. The van der Waals surface area contributed by atoms with E-state index >= 15 is 0 Å². The van der Waals surface area contributed by atoms with Crippen LogP contribution in [-0.4, -0.2) is 26.7 Å². The van der Waals surface area contributed by atoms with Crippen molar-refractivity contribution in [2.45, 2.75) is 25.8 Å². The van der Waals surface area contributed by atoms with Gasteiger partial charge in [0.15, 0.2) is 5.96 Å². The van der Waals surface area contributed by atoms with Crippen molar-refractivity contribution in [3.05, 3.63) is 65.5 Å². The summed E-state index contributed by atoms with van der Waals surface area (Å²) in [6.45, 7) is 5.23. The van der Waals surface area contributed by atoms with Gasteiger partial charge in [-0.25, -0.2) is 4.39 Å². The maximum absolute atomic E-state index is 14.0. The Labute approximate surface area is 172 Å². The standard InChI is InChI=1S/C20H26FN3O.HI/c1-20(2,17-7-5-6-8-18(17)21)14-24-19(22-3)23-13-15-9-11-16(25-4)12-10-15;/h5-12H,13-14H2,1-4H3,(H2,22,23,24);1H. The summed E-state index contributed by atoms with van der Waals surface area (Å²) in [6, 6.07) is 14.7. The first-order chi connectivity index (χ1) is 12.0. The highest BCUT2D eigenvalue weighted by Crippen LogP contribution is 2.24. The van der Waals surface area contributed by atoms with Crippen LogP contribution in [-0.2, 0) is 12.0 Å². The Kier molecular flexibility index (Phi) is 8.84. The van der Waals surface area contributed by atoms with Crippen LogP contribution in [0.25, 0.3) is 0 Å². The largest absolute Gasteiger partial charge is 0.497 e. The van der Waals surface area contributed by atoms with Gasteiger partial charge in [-0.1, -0.05) is 44.2 Å². The maximum Gasteiger partial charge on any atom is 0.191 e. The summed E-state index contributed by atoms with van der Waals surface area (Å²) in [6.07, 6.45) is 0. The molecule has 26 heavy (non-hydrogen) atoms. The fourth-order valence-electron chi connectivity index (χ4n) is 2.56. The van der Waals surface area contributed by atoms with Gasteiger partial charge in [0, 0.05) is 25.6 Å². The number of benzene rings is 2. The molecule has 2 aromatic rings. The fourth-order valence-corrected chi connectivity index (χ4v) is 2.56. The van der Waals surface area contributed by atoms with Crippen LogP contribution >= 0.6 is 24.0 Å². The molecule has 0 aliphatic heterocycles. The van der Waals surface area contributed by atoms with E-state index in [2.05, 4.69) is 15.6 Å². The first-order valence-corrected chi connectivity index (χ1v) is 8.29. The van der Waals surface area contributed by atoms with E-state index in [-0.39, 0.29) is 35.2 Å². The van der Waals surface area contributed by atoms with Crippen LogP contribution in [0.5, 0.6) is 5.75 Å². The second-order valence-corrected chi connectivity index (χ2v) is 6.49. The van der Waals surface area contributed by atoms with E-state index in [0.717, 1.165) is 11.3 Å². The molecule has 0 fully saturated rings. The van der Waals surface area contributed by atoms with Crippen LogP contribution in [0.3, 0.4) is 0 Å². The summed E-state index contributed by atoms with van der Waals surface area (Å²) in [7, 11) is 3.37. The quantitative estimate of drug-likeness (QED) is 0.379. The molecule has 0 unspecified atom stereocenters. The molecule has 2 aromatic carbocycles. The van der Waals surface area contributed by atoms with Gasteiger partial charge in [0.25, 0.3) is 0 Å². The van der Waals surface area contributed by atoms with Gasteiger partial charge in [-0.05, 0) is 29.3 Å². The number of nitrogens with one attached hydrogen (secondary N) is 2. The molecule has 0 aliphatic carbocycles. The van der Waals surface area contributed by atoms with Gasteiger partial charge in [-0.2, -0.15) is 0 Å². The monoisotopic (exact) mass is 471 g/mol. The number of hydrogen-bond acceptors (Lipinski definition) is 2. The molecule has 0 radical (unpaired) electrons. The highest BCUT2D eigenvalue weighted by atomic mass is 127. The summed E-state index contributed by atoms with van der Waals surface area (Å²) in [4.78, 5) is 4.23. The third-order valence-corrected chi connectivity index (χ3v) is 4.14. The van der Waals surface area contributed by atoms with Gasteiger partial charge in [0.1, 0.15) is 11.6 Å². The molecule has 2 rings (SSSR count). The minimum Gasteiger partial charge on any atom is -0.497 e. The van der Waals surface area contributed by atoms with Crippen LogP contribution < -0.4 is 15.4 Å².